The van der Waals surface area contributed by atoms with Gasteiger partial charge in [0.25, 0.3) is 0 Å². The van der Waals surface area contributed by atoms with Crippen LogP contribution in [0.15, 0.2) is 6.20 Å². The number of hydrogen-bond acceptors (Lipinski definition) is 3. The van der Waals surface area contributed by atoms with Crippen LogP contribution in [0, 0.1) is 0 Å². The summed E-state index contributed by atoms with van der Waals surface area (Å²) < 4.78 is 44.9. The quantitative estimate of drug-likeness (QED) is 0.648. The predicted octanol–water partition coefficient (Wildman–Crippen LogP) is 3.23. The summed E-state index contributed by atoms with van der Waals surface area (Å²) in [4.78, 5) is 3.55. The molecule has 1 rings (SSSR count). The van der Waals surface area contributed by atoms with Gasteiger partial charge in [0.15, 0.2) is 0 Å². The van der Waals surface area contributed by atoms with Gasteiger partial charge < -0.3 is 15.0 Å². The van der Waals surface area contributed by atoms with Crippen molar-refractivity contribution in [3.8, 4) is 0 Å². The normalized spacial score (nSPS) is 14.6. The van der Waals surface area contributed by atoms with Gasteiger partial charge in [-0.3, -0.25) is 0 Å². The Bertz CT molecular complexity index is 438. The zero-order valence-corrected chi connectivity index (χ0v) is 13.3. The summed E-state index contributed by atoms with van der Waals surface area (Å²) in [6.45, 7) is 8.45. The molecule has 0 saturated heterocycles. The lowest BCUT2D eigenvalue weighted by Crippen LogP contribution is -2.22. The molecule has 1 heterocycles. The molecule has 0 saturated carbocycles. The van der Waals surface area contributed by atoms with E-state index in [9.17, 15) is 13.2 Å². The van der Waals surface area contributed by atoms with Crippen LogP contribution in [0.4, 0.5) is 13.2 Å². The Morgan fingerprint density at radius 1 is 1.40 bits per heavy atom. The van der Waals surface area contributed by atoms with E-state index >= 15 is 0 Å². The zero-order valence-electron chi connectivity index (χ0n) is 12.3. The zero-order chi connectivity index (χ0) is 15.6. The van der Waals surface area contributed by atoms with Crippen molar-refractivity contribution in [3.63, 3.8) is 0 Å². The number of imidazole rings is 1. The molecule has 116 valence electrons. The van der Waals surface area contributed by atoms with Crippen molar-refractivity contribution in [2.45, 2.75) is 51.6 Å². The van der Waals surface area contributed by atoms with Crippen molar-refractivity contribution < 1.29 is 17.9 Å². The molecule has 0 bridgehead atoms. The smallest absolute Gasteiger partial charge is 0.361 e. The van der Waals surface area contributed by atoms with E-state index < -0.39 is 26.1 Å². The van der Waals surface area contributed by atoms with Crippen LogP contribution in [0.2, 0.25) is 25.7 Å². The maximum absolute atomic E-state index is 12.9. The monoisotopic (exact) mass is 309 g/mol. The highest BCUT2D eigenvalue weighted by Crippen LogP contribution is 2.29. The first-order valence-corrected chi connectivity index (χ1v) is 10.2. The Balaban J connectivity index is 2.73. The molecule has 0 aliphatic heterocycles. The lowest BCUT2D eigenvalue weighted by molar-refractivity contribution is -0.149. The van der Waals surface area contributed by atoms with Gasteiger partial charge >= 0.3 is 6.18 Å². The van der Waals surface area contributed by atoms with Crippen molar-refractivity contribution >= 4 is 8.07 Å². The first kappa shape index (κ1) is 17.2. The maximum atomic E-state index is 12.9. The van der Waals surface area contributed by atoms with E-state index in [-0.39, 0.29) is 12.4 Å². The number of halogens is 3. The molecule has 8 heteroatoms. The summed E-state index contributed by atoms with van der Waals surface area (Å²) in [5.74, 6) is -0.960. The van der Waals surface area contributed by atoms with E-state index in [1.807, 2.05) is 0 Å². The molecule has 0 amide bonds. The molecule has 4 nitrogen and oxygen atoms in total. The third kappa shape index (κ3) is 5.26. The van der Waals surface area contributed by atoms with Crippen LogP contribution >= 0.6 is 0 Å². The van der Waals surface area contributed by atoms with E-state index in [1.54, 1.807) is 6.92 Å². The van der Waals surface area contributed by atoms with Crippen LogP contribution in [-0.2, 0) is 17.6 Å². The fourth-order valence-electron chi connectivity index (χ4n) is 1.52. The third-order valence-electron chi connectivity index (χ3n) is 2.74. The number of nitrogens with two attached hydrogens (primary N) is 1. The number of hydrogen-bond donors (Lipinski definition) is 1. The van der Waals surface area contributed by atoms with Gasteiger partial charge in [0, 0.05) is 26.9 Å². The largest absolute Gasteiger partial charge is 0.449 e. The van der Waals surface area contributed by atoms with Crippen molar-refractivity contribution in [2.75, 3.05) is 6.61 Å². The second-order valence-corrected chi connectivity index (χ2v) is 11.7. The second-order valence-electron chi connectivity index (χ2n) is 6.09. The van der Waals surface area contributed by atoms with E-state index in [0.717, 1.165) is 10.6 Å². The minimum absolute atomic E-state index is 0.154. The summed E-state index contributed by atoms with van der Waals surface area (Å²) >= 11 is 0. The van der Waals surface area contributed by atoms with Crippen molar-refractivity contribution in [1.29, 1.82) is 0 Å². The van der Waals surface area contributed by atoms with Crippen LogP contribution < -0.4 is 5.73 Å². The number of aromatic nitrogens is 2. The molecule has 0 aliphatic carbocycles. The molecule has 0 aromatic carbocycles. The Morgan fingerprint density at radius 2 is 2.00 bits per heavy atom. The number of ether oxygens (including phenoxy) is 1. The fraction of sp³-hybridized carbons (Fsp3) is 0.750. The van der Waals surface area contributed by atoms with E-state index in [4.69, 9.17) is 10.5 Å². The van der Waals surface area contributed by atoms with Gasteiger partial charge in [-0.05, 0) is 13.0 Å². The molecular weight excluding hydrogens is 287 g/mol. The van der Waals surface area contributed by atoms with Crippen LogP contribution in [0.3, 0.4) is 0 Å². The van der Waals surface area contributed by atoms with Crippen molar-refractivity contribution in [3.05, 3.63) is 17.7 Å². The van der Waals surface area contributed by atoms with Crippen molar-refractivity contribution in [1.82, 2.24) is 9.55 Å². The summed E-state index contributed by atoms with van der Waals surface area (Å²) in [6, 6.07) is 0.364. The van der Waals surface area contributed by atoms with Gasteiger partial charge in [-0.15, -0.1) is 0 Å². The molecule has 1 aromatic rings. The van der Waals surface area contributed by atoms with E-state index in [1.165, 1.54) is 6.20 Å². The van der Waals surface area contributed by atoms with Crippen molar-refractivity contribution in [2.24, 2.45) is 5.73 Å². The maximum Gasteiger partial charge on any atom is 0.449 e. The van der Waals surface area contributed by atoms with Gasteiger partial charge in [-0.2, -0.15) is 13.2 Å². The molecule has 20 heavy (non-hydrogen) atoms. The number of rotatable bonds is 6. The topological polar surface area (TPSA) is 53.1 Å². The van der Waals surface area contributed by atoms with Gasteiger partial charge in [0.05, 0.1) is 5.69 Å². The minimum Gasteiger partial charge on any atom is -0.361 e. The Kier molecular flexibility index (Phi) is 5.39. The Labute approximate surface area is 118 Å². The average Bonchev–Trinajstić information content (AvgIpc) is 2.66. The molecule has 0 fully saturated rings. The highest BCUT2D eigenvalue weighted by molar-refractivity contribution is 6.76. The molecule has 0 radical (unpaired) electrons. The first-order chi connectivity index (χ1) is 9.00. The molecule has 1 atom stereocenters. The first-order valence-electron chi connectivity index (χ1n) is 6.48. The summed E-state index contributed by atoms with van der Waals surface area (Å²) in [7, 11) is -1.25. The number of alkyl halides is 3. The van der Waals surface area contributed by atoms with Gasteiger partial charge in [0.2, 0.25) is 5.82 Å². The molecule has 1 aromatic heterocycles. The van der Waals surface area contributed by atoms with Gasteiger partial charge in [-0.25, -0.2) is 4.98 Å². The molecule has 0 aliphatic rings. The number of nitrogens with zero attached hydrogens (tertiary/aromatic N) is 2. The molecular formula is C12H22F3N3OSi. The SMILES string of the molecule is CC(N)c1cn(COCC[Si](C)(C)C)c(C(F)(F)F)n1. The standard InChI is InChI=1S/C12H22F3N3OSi/c1-9(16)10-7-18(11(17-10)12(13,14)15)8-19-5-6-20(2,3)4/h7,9H,5-6,8,16H2,1-4H3. The lowest BCUT2D eigenvalue weighted by Gasteiger charge is -2.16. The van der Waals surface area contributed by atoms with Crippen LogP contribution in [0.5, 0.6) is 0 Å². The Morgan fingerprint density at radius 3 is 2.45 bits per heavy atom. The van der Waals surface area contributed by atoms with Gasteiger partial charge in [-0.1, -0.05) is 19.6 Å². The summed E-state index contributed by atoms with van der Waals surface area (Å²) in [5.41, 5.74) is 5.79. The Hall–Kier alpha value is -0.863. The molecule has 0 spiro atoms. The van der Waals surface area contributed by atoms with E-state index in [2.05, 4.69) is 24.6 Å². The summed E-state index contributed by atoms with van der Waals surface area (Å²) in [5, 5.41) is 0. The third-order valence-corrected chi connectivity index (χ3v) is 4.45. The predicted molar refractivity (Wildman–Crippen MR) is 73.9 cm³/mol. The fourth-order valence-corrected chi connectivity index (χ4v) is 2.28. The highest BCUT2D eigenvalue weighted by Gasteiger charge is 2.37. The average molecular weight is 309 g/mol. The van der Waals surface area contributed by atoms with Crippen LogP contribution in [0.25, 0.3) is 0 Å². The van der Waals surface area contributed by atoms with Crippen LogP contribution in [-0.4, -0.2) is 24.2 Å². The minimum atomic E-state index is -4.50. The second kappa shape index (κ2) is 6.27. The lowest BCUT2D eigenvalue weighted by atomic mass is 10.3. The van der Waals surface area contributed by atoms with Gasteiger partial charge in [0.1, 0.15) is 6.73 Å². The van der Waals surface area contributed by atoms with E-state index in [0.29, 0.717) is 6.61 Å². The summed E-state index contributed by atoms with van der Waals surface area (Å²) in [6.07, 6.45) is -3.20. The van der Waals surface area contributed by atoms with Crippen LogP contribution in [0.1, 0.15) is 24.5 Å². The molecule has 2 N–H and O–H groups in total. The highest BCUT2D eigenvalue weighted by atomic mass is 28.3. The molecule has 1 unspecified atom stereocenters.